The minimum absolute atomic E-state index is 0.173. The summed E-state index contributed by atoms with van der Waals surface area (Å²) in [5, 5.41) is 3.06. The monoisotopic (exact) mass is 430 g/mol. The first-order valence-electron chi connectivity index (χ1n) is 6.23. The van der Waals surface area contributed by atoms with Crippen molar-refractivity contribution in [1.82, 2.24) is 0 Å². The number of carbonyl (C=O) groups is 2. The molecule has 0 heterocycles. The van der Waals surface area contributed by atoms with Crippen LogP contribution in [-0.4, -0.2) is 18.5 Å². The van der Waals surface area contributed by atoms with Gasteiger partial charge in [0.15, 0.2) is 6.61 Å². The van der Waals surface area contributed by atoms with Gasteiger partial charge in [-0.15, -0.1) is 0 Å². The van der Waals surface area contributed by atoms with Gasteiger partial charge in [-0.05, 0) is 59.0 Å². The molecular formula is C15H12ClIN2O3. The second kappa shape index (κ2) is 7.46. The predicted molar refractivity (Wildman–Crippen MR) is 93.9 cm³/mol. The molecule has 2 rings (SSSR count). The predicted octanol–water partition coefficient (Wildman–Crippen LogP) is 3.32. The quantitative estimate of drug-likeness (QED) is 0.443. The Kier molecular flexibility index (Phi) is 5.62. The van der Waals surface area contributed by atoms with Gasteiger partial charge in [0.2, 0.25) is 0 Å². The minimum atomic E-state index is -0.674. The van der Waals surface area contributed by atoms with Crippen LogP contribution in [0.3, 0.4) is 0 Å². The van der Waals surface area contributed by atoms with E-state index in [1.165, 1.54) is 18.2 Å². The van der Waals surface area contributed by atoms with Crippen LogP contribution in [0.1, 0.15) is 10.4 Å². The molecule has 1 amide bonds. The molecule has 0 radical (unpaired) electrons. The van der Waals surface area contributed by atoms with Crippen molar-refractivity contribution in [2.45, 2.75) is 0 Å². The summed E-state index contributed by atoms with van der Waals surface area (Å²) in [5.41, 5.74) is 6.70. The summed E-state index contributed by atoms with van der Waals surface area (Å²) >= 11 is 7.89. The highest BCUT2D eigenvalue weighted by Crippen LogP contribution is 2.19. The van der Waals surface area contributed by atoms with Crippen LogP contribution in [0.2, 0.25) is 5.02 Å². The van der Waals surface area contributed by atoms with Crippen LogP contribution in [0.5, 0.6) is 0 Å². The van der Waals surface area contributed by atoms with E-state index in [0.29, 0.717) is 10.7 Å². The zero-order valence-electron chi connectivity index (χ0n) is 11.3. The zero-order chi connectivity index (χ0) is 16.1. The minimum Gasteiger partial charge on any atom is -0.452 e. The van der Waals surface area contributed by atoms with Crippen molar-refractivity contribution in [3.8, 4) is 0 Å². The number of carbonyl (C=O) groups excluding carboxylic acids is 2. The van der Waals surface area contributed by atoms with E-state index >= 15 is 0 Å². The van der Waals surface area contributed by atoms with Gasteiger partial charge in [0.25, 0.3) is 5.91 Å². The molecule has 22 heavy (non-hydrogen) atoms. The van der Waals surface area contributed by atoms with E-state index in [2.05, 4.69) is 27.9 Å². The molecule has 0 saturated carbocycles. The standard InChI is InChI=1S/C15H12ClIN2O3/c16-9-4-5-12(13(18)6-9)15(21)22-8-14(20)19-11-3-1-2-10(17)7-11/h1-7H,8,18H2,(H,19,20). The van der Waals surface area contributed by atoms with E-state index in [1.54, 1.807) is 12.1 Å². The number of hydrogen-bond acceptors (Lipinski definition) is 4. The van der Waals surface area contributed by atoms with E-state index in [-0.39, 0.29) is 11.3 Å². The van der Waals surface area contributed by atoms with Gasteiger partial charge >= 0.3 is 5.97 Å². The van der Waals surface area contributed by atoms with Gasteiger partial charge in [-0.25, -0.2) is 4.79 Å². The van der Waals surface area contributed by atoms with Crippen molar-refractivity contribution in [3.05, 3.63) is 56.6 Å². The number of anilines is 2. The molecule has 0 saturated heterocycles. The van der Waals surface area contributed by atoms with E-state index in [9.17, 15) is 9.59 Å². The molecule has 0 aromatic heterocycles. The van der Waals surface area contributed by atoms with Crippen molar-refractivity contribution in [1.29, 1.82) is 0 Å². The normalized spacial score (nSPS) is 10.1. The molecule has 0 aliphatic rings. The maximum atomic E-state index is 11.9. The van der Waals surface area contributed by atoms with E-state index in [1.807, 2.05) is 12.1 Å². The SMILES string of the molecule is Nc1cc(Cl)ccc1C(=O)OCC(=O)Nc1cccc(I)c1. The lowest BCUT2D eigenvalue weighted by atomic mass is 10.2. The summed E-state index contributed by atoms with van der Waals surface area (Å²) in [7, 11) is 0. The summed E-state index contributed by atoms with van der Waals surface area (Å²) in [6.07, 6.45) is 0. The Morgan fingerprint density at radius 1 is 1.23 bits per heavy atom. The van der Waals surface area contributed by atoms with E-state index < -0.39 is 18.5 Å². The summed E-state index contributed by atoms with van der Waals surface area (Å²) in [6, 6.07) is 11.7. The molecular weight excluding hydrogens is 419 g/mol. The van der Waals surface area contributed by atoms with Gasteiger partial charge < -0.3 is 15.8 Å². The molecule has 0 aliphatic heterocycles. The van der Waals surface area contributed by atoms with Gasteiger partial charge in [0, 0.05) is 20.0 Å². The number of halogens is 2. The number of amides is 1. The Bertz CT molecular complexity index is 722. The van der Waals surface area contributed by atoms with Crippen molar-refractivity contribution < 1.29 is 14.3 Å². The highest BCUT2D eigenvalue weighted by Gasteiger charge is 2.13. The number of nitrogen functional groups attached to an aromatic ring is 1. The van der Waals surface area contributed by atoms with Gasteiger partial charge in [0.1, 0.15) is 0 Å². The number of hydrogen-bond donors (Lipinski definition) is 2. The first-order valence-corrected chi connectivity index (χ1v) is 7.69. The molecule has 0 aliphatic carbocycles. The third-order valence-electron chi connectivity index (χ3n) is 2.68. The molecule has 7 heteroatoms. The second-order valence-electron chi connectivity index (χ2n) is 4.37. The maximum absolute atomic E-state index is 11.9. The third kappa shape index (κ3) is 4.60. The summed E-state index contributed by atoms with van der Waals surface area (Å²) in [4.78, 5) is 23.6. The first-order chi connectivity index (χ1) is 10.5. The van der Waals surface area contributed by atoms with Gasteiger partial charge in [-0.3, -0.25) is 4.79 Å². The number of nitrogens with two attached hydrogens (primary N) is 1. The lowest BCUT2D eigenvalue weighted by Crippen LogP contribution is -2.21. The molecule has 0 atom stereocenters. The highest BCUT2D eigenvalue weighted by molar-refractivity contribution is 14.1. The molecule has 2 aromatic rings. The molecule has 3 N–H and O–H groups in total. The maximum Gasteiger partial charge on any atom is 0.340 e. The van der Waals surface area contributed by atoms with Crippen LogP contribution in [0.25, 0.3) is 0 Å². The largest absolute Gasteiger partial charge is 0.452 e. The van der Waals surface area contributed by atoms with E-state index in [4.69, 9.17) is 22.1 Å². The molecule has 0 bridgehead atoms. The third-order valence-corrected chi connectivity index (χ3v) is 3.58. The fourth-order valence-corrected chi connectivity index (χ4v) is 2.42. The molecule has 2 aromatic carbocycles. The lowest BCUT2D eigenvalue weighted by Gasteiger charge is -2.08. The Labute approximate surface area is 145 Å². The topological polar surface area (TPSA) is 81.4 Å². The summed E-state index contributed by atoms with van der Waals surface area (Å²) in [6.45, 7) is -0.396. The Hall–Kier alpha value is -1.80. The summed E-state index contributed by atoms with van der Waals surface area (Å²) < 4.78 is 5.92. The van der Waals surface area contributed by atoms with E-state index in [0.717, 1.165) is 3.57 Å². The van der Waals surface area contributed by atoms with Gasteiger partial charge in [-0.2, -0.15) is 0 Å². The van der Waals surface area contributed by atoms with Crippen LogP contribution in [-0.2, 0) is 9.53 Å². The Morgan fingerprint density at radius 2 is 2.00 bits per heavy atom. The zero-order valence-corrected chi connectivity index (χ0v) is 14.2. The average molecular weight is 431 g/mol. The van der Waals surface area contributed by atoms with Crippen LogP contribution < -0.4 is 11.1 Å². The lowest BCUT2D eigenvalue weighted by molar-refractivity contribution is -0.119. The number of benzene rings is 2. The second-order valence-corrected chi connectivity index (χ2v) is 6.05. The van der Waals surface area contributed by atoms with Crippen molar-refractivity contribution >= 4 is 57.4 Å². The molecule has 5 nitrogen and oxygen atoms in total. The van der Waals surface area contributed by atoms with Crippen molar-refractivity contribution in [2.24, 2.45) is 0 Å². The van der Waals surface area contributed by atoms with Crippen LogP contribution in [0.15, 0.2) is 42.5 Å². The molecule has 0 fully saturated rings. The molecule has 0 unspecified atom stereocenters. The average Bonchev–Trinajstić information content (AvgIpc) is 2.45. The number of nitrogens with one attached hydrogen (secondary N) is 1. The summed E-state index contributed by atoms with van der Waals surface area (Å²) in [5.74, 6) is -1.10. The number of esters is 1. The fourth-order valence-electron chi connectivity index (χ4n) is 1.69. The highest BCUT2D eigenvalue weighted by atomic mass is 127. The van der Waals surface area contributed by atoms with Crippen LogP contribution in [0, 0.1) is 3.57 Å². The van der Waals surface area contributed by atoms with Gasteiger partial charge in [-0.1, -0.05) is 17.7 Å². The molecule has 0 spiro atoms. The smallest absolute Gasteiger partial charge is 0.340 e. The van der Waals surface area contributed by atoms with Crippen molar-refractivity contribution in [3.63, 3.8) is 0 Å². The fraction of sp³-hybridized carbons (Fsp3) is 0.0667. The van der Waals surface area contributed by atoms with Gasteiger partial charge in [0.05, 0.1) is 5.56 Å². The van der Waals surface area contributed by atoms with Crippen LogP contribution >= 0.6 is 34.2 Å². The Balaban J connectivity index is 1.92. The van der Waals surface area contributed by atoms with Crippen molar-refractivity contribution in [2.75, 3.05) is 17.7 Å². The van der Waals surface area contributed by atoms with Crippen LogP contribution in [0.4, 0.5) is 11.4 Å². The molecule has 114 valence electrons. The Morgan fingerprint density at radius 3 is 2.68 bits per heavy atom. The number of rotatable bonds is 4. The first kappa shape index (κ1) is 16.6. The number of ether oxygens (including phenoxy) is 1.